The third-order valence-electron chi connectivity index (χ3n) is 0.179. The zero-order valence-corrected chi connectivity index (χ0v) is 9.04. The van der Waals surface area contributed by atoms with Crippen LogP contribution in [0.5, 0.6) is 0 Å². The van der Waals surface area contributed by atoms with E-state index in [0.717, 1.165) is 0 Å². The van der Waals surface area contributed by atoms with E-state index in [1.165, 1.54) is 0 Å². The van der Waals surface area contributed by atoms with Crippen LogP contribution in [-0.4, -0.2) is 19.8 Å². The van der Waals surface area contributed by atoms with E-state index in [0.29, 0.717) is 0 Å². The largest absolute Gasteiger partial charge is 0.392 e. The Morgan fingerprint density at radius 3 is 1.20 bits per heavy atom. The first-order valence-electron chi connectivity index (χ1n) is 1.89. The van der Waals surface area contributed by atoms with Crippen molar-refractivity contribution in [2.24, 2.45) is 0 Å². The number of hydrogen-bond donors (Lipinski definition) is 1. The Labute approximate surface area is 89.1 Å². The van der Waals surface area contributed by atoms with Crippen molar-refractivity contribution in [2.45, 2.75) is 8.09 Å². The van der Waals surface area contributed by atoms with Crippen molar-refractivity contribution in [3.8, 4) is 0 Å². The van der Waals surface area contributed by atoms with Gasteiger partial charge in [0.15, 0.2) is 4.30 Å². The topological polar surface area (TPSA) is 20.2 Å². The first-order valence-corrected chi connectivity index (χ1v) is 4.33. The van der Waals surface area contributed by atoms with E-state index < -0.39 is 14.7 Å². The van der Waals surface area contributed by atoms with Crippen molar-refractivity contribution in [1.29, 1.82) is 0 Å². The van der Waals surface area contributed by atoms with Gasteiger partial charge in [-0.2, -0.15) is 0 Å². The van der Waals surface area contributed by atoms with Gasteiger partial charge in [-0.15, -0.1) is 0 Å². The van der Waals surface area contributed by atoms with Gasteiger partial charge in [0.1, 0.15) is 0 Å². The van der Waals surface area contributed by atoms with E-state index in [4.69, 9.17) is 74.7 Å². The second-order valence-corrected chi connectivity index (χ2v) is 5.52. The zero-order chi connectivity index (χ0) is 8.78. The van der Waals surface area contributed by atoms with Gasteiger partial charge < -0.3 is 5.11 Å². The summed E-state index contributed by atoms with van der Waals surface area (Å²) in [5, 5.41) is 8.01. The normalized spacial score (nSPS) is 10.8. The molecule has 10 heavy (non-hydrogen) atoms. The molecular formula is C3H4Cl6O. The molecule has 0 aromatic rings. The number of rotatable bonds is 0. The minimum absolute atomic E-state index is 0.433. The SMILES string of the molecule is ClC(Cl)Cl.OCC(Cl)(Cl)Cl. The van der Waals surface area contributed by atoms with Crippen LogP contribution in [0.2, 0.25) is 0 Å². The van der Waals surface area contributed by atoms with Gasteiger partial charge in [-0.3, -0.25) is 0 Å². The number of aliphatic hydroxyl groups excluding tert-OH is 1. The summed E-state index contributed by atoms with van der Waals surface area (Å²) in [6, 6.07) is 0. The van der Waals surface area contributed by atoms with E-state index in [9.17, 15) is 0 Å². The highest BCUT2D eigenvalue weighted by Gasteiger charge is 2.16. The molecule has 1 N–H and O–H groups in total. The Bertz CT molecular complexity index is 65.1. The molecule has 0 saturated carbocycles. The maximum absolute atomic E-state index is 8.01. The van der Waals surface area contributed by atoms with E-state index in [-0.39, 0.29) is 0 Å². The van der Waals surface area contributed by atoms with Gasteiger partial charge in [-0.05, 0) is 0 Å². The van der Waals surface area contributed by atoms with Gasteiger partial charge in [0.2, 0.25) is 3.79 Å². The summed E-state index contributed by atoms with van der Waals surface area (Å²) in [6.07, 6.45) is 0. The van der Waals surface area contributed by atoms with Crippen molar-refractivity contribution >= 4 is 69.6 Å². The summed E-state index contributed by atoms with van der Waals surface area (Å²) >= 11 is 29.4. The molecule has 0 fully saturated rings. The lowest BCUT2D eigenvalue weighted by Gasteiger charge is -2.01. The van der Waals surface area contributed by atoms with Crippen molar-refractivity contribution < 1.29 is 5.11 Å². The van der Waals surface area contributed by atoms with Crippen LogP contribution in [0.15, 0.2) is 0 Å². The number of alkyl halides is 6. The third-order valence-corrected chi connectivity index (χ3v) is 0.538. The predicted octanol–water partition coefficient (Wildman–Crippen LogP) is 3.34. The molecule has 0 saturated heterocycles. The number of hydrogen-bond acceptors (Lipinski definition) is 1. The highest BCUT2D eigenvalue weighted by molar-refractivity contribution is 6.67. The van der Waals surface area contributed by atoms with Crippen LogP contribution in [0.25, 0.3) is 0 Å². The Balaban J connectivity index is 0. The predicted molar refractivity (Wildman–Crippen MR) is 48.7 cm³/mol. The monoisotopic (exact) mass is 266 g/mol. The van der Waals surface area contributed by atoms with Gasteiger partial charge in [-0.25, -0.2) is 0 Å². The molecule has 0 amide bonds. The molecule has 0 radical (unpaired) electrons. The molecule has 1 nitrogen and oxygen atoms in total. The van der Waals surface area contributed by atoms with Crippen LogP contribution >= 0.6 is 69.6 Å². The van der Waals surface area contributed by atoms with E-state index in [2.05, 4.69) is 0 Å². The second-order valence-electron chi connectivity index (χ2n) is 1.02. The highest BCUT2D eigenvalue weighted by Crippen LogP contribution is 2.23. The summed E-state index contributed by atoms with van der Waals surface area (Å²) in [5.74, 6) is 0. The smallest absolute Gasteiger partial charge is 0.213 e. The third kappa shape index (κ3) is 33.2. The van der Waals surface area contributed by atoms with Crippen molar-refractivity contribution in [2.75, 3.05) is 6.61 Å². The number of aliphatic hydroxyl groups is 1. The minimum Gasteiger partial charge on any atom is -0.392 e. The maximum Gasteiger partial charge on any atom is 0.213 e. The minimum atomic E-state index is -1.49. The quantitative estimate of drug-likeness (QED) is 0.668. The van der Waals surface area contributed by atoms with Crippen LogP contribution in [-0.2, 0) is 0 Å². The maximum atomic E-state index is 8.01. The molecule has 0 aliphatic rings. The Morgan fingerprint density at radius 1 is 1.10 bits per heavy atom. The zero-order valence-electron chi connectivity index (χ0n) is 4.50. The fourth-order valence-electron chi connectivity index (χ4n) is 0. The van der Waals surface area contributed by atoms with Crippen LogP contribution in [0.1, 0.15) is 0 Å². The van der Waals surface area contributed by atoms with E-state index in [1.807, 2.05) is 0 Å². The molecular weight excluding hydrogens is 265 g/mol. The molecule has 0 unspecified atom stereocenters. The summed E-state index contributed by atoms with van der Waals surface area (Å²) in [7, 11) is 0. The van der Waals surface area contributed by atoms with Gasteiger partial charge in [0.05, 0.1) is 6.61 Å². The Hall–Kier alpha value is 1.70. The average molecular weight is 269 g/mol. The Morgan fingerprint density at radius 2 is 1.20 bits per heavy atom. The molecule has 64 valence electrons. The lowest BCUT2D eigenvalue weighted by Crippen LogP contribution is -2.06. The molecule has 0 spiro atoms. The van der Waals surface area contributed by atoms with Gasteiger partial charge in [0, 0.05) is 0 Å². The molecule has 0 aliphatic carbocycles. The lowest BCUT2D eigenvalue weighted by molar-refractivity contribution is 0.303. The highest BCUT2D eigenvalue weighted by atomic mass is 35.6. The molecule has 0 aromatic heterocycles. The summed E-state index contributed by atoms with van der Waals surface area (Å²) in [6.45, 7) is -0.433. The molecule has 7 heteroatoms. The average Bonchev–Trinajstić information content (AvgIpc) is 1.63. The van der Waals surface area contributed by atoms with Crippen molar-refractivity contribution in [1.82, 2.24) is 0 Å². The molecule has 0 atom stereocenters. The summed E-state index contributed by atoms with van der Waals surface area (Å²) < 4.78 is -2.24. The van der Waals surface area contributed by atoms with Crippen LogP contribution in [0.3, 0.4) is 0 Å². The molecule has 0 rings (SSSR count). The van der Waals surface area contributed by atoms with Crippen LogP contribution < -0.4 is 0 Å². The summed E-state index contributed by atoms with van der Waals surface area (Å²) in [4.78, 5) is 0. The fraction of sp³-hybridized carbons (Fsp3) is 1.00. The van der Waals surface area contributed by atoms with E-state index >= 15 is 0 Å². The molecule has 0 aliphatic heterocycles. The van der Waals surface area contributed by atoms with E-state index in [1.54, 1.807) is 0 Å². The number of halogens is 6. The van der Waals surface area contributed by atoms with Gasteiger partial charge in [0.25, 0.3) is 0 Å². The van der Waals surface area contributed by atoms with Crippen LogP contribution in [0, 0.1) is 0 Å². The fourth-order valence-corrected chi connectivity index (χ4v) is 0. The summed E-state index contributed by atoms with van der Waals surface area (Å²) in [5.41, 5.74) is 0. The van der Waals surface area contributed by atoms with Crippen molar-refractivity contribution in [3.05, 3.63) is 0 Å². The molecule has 0 bridgehead atoms. The van der Waals surface area contributed by atoms with Crippen LogP contribution in [0.4, 0.5) is 0 Å². The first kappa shape index (κ1) is 14.2. The van der Waals surface area contributed by atoms with Gasteiger partial charge >= 0.3 is 0 Å². The van der Waals surface area contributed by atoms with Crippen molar-refractivity contribution in [3.63, 3.8) is 0 Å². The molecule has 0 aromatic carbocycles. The lowest BCUT2D eigenvalue weighted by atomic mass is 10.9. The second kappa shape index (κ2) is 7.35. The standard InChI is InChI=1S/C2H3Cl3O.CHCl3/c3-2(4,5)1-6;2-1(3)4/h6H,1H2;1H. The molecule has 0 heterocycles. The first-order chi connectivity index (χ1) is 4.29. The van der Waals surface area contributed by atoms with Gasteiger partial charge in [-0.1, -0.05) is 69.6 Å². The Kier molecular flexibility index (Phi) is 10.5.